The van der Waals surface area contributed by atoms with E-state index in [0.717, 1.165) is 5.56 Å². The van der Waals surface area contributed by atoms with E-state index in [0.29, 0.717) is 18.8 Å². The maximum atomic E-state index is 11.5. The largest absolute Gasteiger partial charge is 0.493 e. The van der Waals surface area contributed by atoms with Crippen LogP contribution in [0.5, 0.6) is 5.75 Å². The molecule has 1 atom stereocenters. The molecule has 2 rings (SSSR count). The topological polar surface area (TPSA) is 43.4 Å². The fourth-order valence-electron chi connectivity index (χ4n) is 1.75. The Morgan fingerprint density at radius 2 is 2.07 bits per heavy atom. The standard InChI is InChI=1S/C10H12O3S/c1-14(11,12)10-6-7-13-9-5-3-2-4-8(9)10/h2-5,10H,6-7H2,1H3. The molecule has 0 radical (unpaired) electrons. The van der Waals surface area contributed by atoms with E-state index >= 15 is 0 Å². The van der Waals surface area contributed by atoms with Crippen LogP contribution in [0.15, 0.2) is 24.3 Å². The van der Waals surface area contributed by atoms with Crippen LogP contribution in [0.1, 0.15) is 17.2 Å². The fourth-order valence-corrected chi connectivity index (χ4v) is 2.93. The van der Waals surface area contributed by atoms with Gasteiger partial charge in [0.25, 0.3) is 0 Å². The third-order valence-corrected chi connectivity index (χ3v) is 3.94. The Balaban J connectivity index is 2.51. The van der Waals surface area contributed by atoms with Gasteiger partial charge in [0, 0.05) is 18.2 Å². The number of benzene rings is 1. The average molecular weight is 212 g/mol. The molecule has 14 heavy (non-hydrogen) atoms. The van der Waals surface area contributed by atoms with Crippen molar-refractivity contribution in [3.63, 3.8) is 0 Å². The number of fused-ring (bicyclic) bond motifs is 1. The molecule has 0 saturated carbocycles. The van der Waals surface area contributed by atoms with Crippen LogP contribution in [-0.4, -0.2) is 21.3 Å². The zero-order valence-corrected chi connectivity index (χ0v) is 8.75. The Hall–Kier alpha value is -1.03. The predicted molar refractivity (Wildman–Crippen MR) is 54.1 cm³/mol. The molecule has 0 spiro atoms. The smallest absolute Gasteiger partial charge is 0.154 e. The number of sulfone groups is 1. The molecular formula is C10H12O3S. The van der Waals surface area contributed by atoms with E-state index in [-0.39, 0.29) is 0 Å². The highest BCUT2D eigenvalue weighted by atomic mass is 32.2. The maximum Gasteiger partial charge on any atom is 0.154 e. The Morgan fingerprint density at radius 1 is 1.36 bits per heavy atom. The summed E-state index contributed by atoms with van der Waals surface area (Å²) >= 11 is 0. The fraction of sp³-hybridized carbons (Fsp3) is 0.400. The van der Waals surface area contributed by atoms with Crippen LogP contribution in [0.2, 0.25) is 0 Å². The summed E-state index contributed by atoms with van der Waals surface area (Å²) < 4.78 is 28.4. The Labute approximate surface area is 83.6 Å². The minimum atomic E-state index is -3.02. The van der Waals surface area contributed by atoms with E-state index in [1.54, 1.807) is 0 Å². The zero-order chi connectivity index (χ0) is 10.2. The van der Waals surface area contributed by atoms with E-state index in [4.69, 9.17) is 4.74 Å². The number of rotatable bonds is 1. The van der Waals surface area contributed by atoms with Gasteiger partial charge in [-0.25, -0.2) is 8.42 Å². The second-order valence-electron chi connectivity index (χ2n) is 3.49. The van der Waals surface area contributed by atoms with Gasteiger partial charge in [0.1, 0.15) is 5.75 Å². The van der Waals surface area contributed by atoms with E-state index in [9.17, 15) is 8.42 Å². The maximum absolute atomic E-state index is 11.5. The summed E-state index contributed by atoms with van der Waals surface area (Å²) in [5, 5.41) is -0.396. The predicted octanol–water partition coefficient (Wildman–Crippen LogP) is 1.55. The lowest BCUT2D eigenvalue weighted by atomic mass is 10.1. The first-order valence-electron chi connectivity index (χ1n) is 4.49. The number of hydrogen-bond acceptors (Lipinski definition) is 3. The summed E-state index contributed by atoms with van der Waals surface area (Å²) in [5.41, 5.74) is 0.793. The molecule has 1 aromatic carbocycles. The molecule has 0 fully saturated rings. The van der Waals surface area contributed by atoms with Crippen molar-refractivity contribution in [1.29, 1.82) is 0 Å². The molecule has 1 aliphatic heterocycles. The molecule has 76 valence electrons. The highest BCUT2D eigenvalue weighted by Crippen LogP contribution is 2.36. The number of para-hydroxylation sites is 1. The van der Waals surface area contributed by atoms with Crippen molar-refractivity contribution in [3.05, 3.63) is 29.8 Å². The van der Waals surface area contributed by atoms with Crippen LogP contribution >= 0.6 is 0 Å². The third-order valence-electron chi connectivity index (χ3n) is 2.42. The summed E-state index contributed by atoms with van der Waals surface area (Å²) in [5.74, 6) is 0.703. The van der Waals surface area contributed by atoms with Crippen LogP contribution < -0.4 is 4.74 Å². The van der Waals surface area contributed by atoms with E-state index < -0.39 is 15.1 Å². The van der Waals surface area contributed by atoms with Crippen LogP contribution in [0.25, 0.3) is 0 Å². The minimum Gasteiger partial charge on any atom is -0.493 e. The highest BCUT2D eigenvalue weighted by Gasteiger charge is 2.28. The molecule has 3 nitrogen and oxygen atoms in total. The quantitative estimate of drug-likeness (QED) is 0.709. The van der Waals surface area contributed by atoms with Crippen molar-refractivity contribution < 1.29 is 13.2 Å². The summed E-state index contributed by atoms with van der Waals surface area (Å²) in [7, 11) is -3.02. The average Bonchev–Trinajstić information content (AvgIpc) is 2.15. The first kappa shape index (κ1) is 9.52. The number of hydrogen-bond donors (Lipinski definition) is 0. The molecule has 1 heterocycles. The highest BCUT2D eigenvalue weighted by molar-refractivity contribution is 7.90. The van der Waals surface area contributed by atoms with Crippen molar-refractivity contribution in [2.75, 3.05) is 12.9 Å². The van der Waals surface area contributed by atoms with Gasteiger partial charge in [-0.15, -0.1) is 0 Å². The third kappa shape index (κ3) is 1.62. The van der Waals surface area contributed by atoms with Crippen LogP contribution in [0.4, 0.5) is 0 Å². The molecular weight excluding hydrogens is 200 g/mol. The molecule has 4 heteroatoms. The molecule has 0 amide bonds. The number of ether oxygens (including phenoxy) is 1. The van der Waals surface area contributed by atoms with Crippen LogP contribution in [-0.2, 0) is 9.84 Å². The van der Waals surface area contributed by atoms with Gasteiger partial charge in [-0.1, -0.05) is 18.2 Å². The first-order valence-corrected chi connectivity index (χ1v) is 6.45. The minimum absolute atomic E-state index is 0.396. The molecule has 0 aromatic heterocycles. The van der Waals surface area contributed by atoms with Crippen LogP contribution in [0, 0.1) is 0 Å². The lowest BCUT2D eigenvalue weighted by Gasteiger charge is -2.24. The second-order valence-corrected chi connectivity index (χ2v) is 5.72. The monoisotopic (exact) mass is 212 g/mol. The van der Waals surface area contributed by atoms with Gasteiger partial charge in [0.05, 0.1) is 11.9 Å². The van der Waals surface area contributed by atoms with Gasteiger partial charge >= 0.3 is 0 Å². The van der Waals surface area contributed by atoms with Gasteiger partial charge in [0.15, 0.2) is 9.84 Å². The van der Waals surface area contributed by atoms with Gasteiger partial charge in [-0.2, -0.15) is 0 Å². The van der Waals surface area contributed by atoms with Gasteiger partial charge < -0.3 is 4.74 Å². The second kappa shape index (κ2) is 3.28. The summed E-state index contributed by atoms with van der Waals surface area (Å²) in [4.78, 5) is 0. The van der Waals surface area contributed by atoms with Crippen molar-refractivity contribution in [2.24, 2.45) is 0 Å². The Morgan fingerprint density at radius 3 is 2.79 bits per heavy atom. The molecule has 0 bridgehead atoms. The summed E-state index contributed by atoms with van der Waals surface area (Å²) in [6.07, 6.45) is 1.83. The van der Waals surface area contributed by atoms with E-state index in [2.05, 4.69) is 0 Å². The first-order chi connectivity index (χ1) is 6.59. The SMILES string of the molecule is CS(=O)(=O)C1CCOc2ccccc21. The zero-order valence-electron chi connectivity index (χ0n) is 7.93. The van der Waals surface area contributed by atoms with Crippen molar-refractivity contribution >= 4 is 9.84 Å². The van der Waals surface area contributed by atoms with Gasteiger partial charge in [0.2, 0.25) is 0 Å². The van der Waals surface area contributed by atoms with E-state index in [1.807, 2.05) is 24.3 Å². The molecule has 1 aromatic rings. The Bertz CT molecular complexity index is 436. The Kier molecular flexibility index (Phi) is 2.23. The lowest BCUT2D eigenvalue weighted by Crippen LogP contribution is -2.20. The van der Waals surface area contributed by atoms with E-state index in [1.165, 1.54) is 6.26 Å². The lowest BCUT2D eigenvalue weighted by molar-refractivity contribution is 0.283. The van der Waals surface area contributed by atoms with Crippen molar-refractivity contribution in [1.82, 2.24) is 0 Å². The molecule has 0 N–H and O–H groups in total. The van der Waals surface area contributed by atoms with Crippen molar-refractivity contribution in [2.45, 2.75) is 11.7 Å². The van der Waals surface area contributed by atoms with Crippen molar-refractivity contribution in [3.8, 4) is 5.75 Å². The molecule has 1 aliphatic rings. The summed E-state index contributed by atoms with van der Waals surface area (Å²) in [6, 6.07) is 7.32. The molecule has 1 unspecified atom stereocenters. The van der Waals surface area contributed by atoms with Gasteiger partial charge in [-0.3, -0.25) is 0 Å². The summed E-state index contributed by atoms with van der Waals surface area (Å²) in [6.45, 7) is 0.481. The normalized spacial score (nSPS) is 21.1. The van der Waals surface area contributed by atoms with Crippen LogP contribution in [0.3, 0.4) is 0 Å². The van der Waals surface area contributed by atoms with Gasteiger partial charge in [-0.05, 0) is 6.07 Å². The molecule has 0 aliphatic carbocycles. The molecule has 0 saturated heterocycles.